The number of rotatable bonds is 5. The SMILES string of the molecule is CCN(CC(=O)O)S(=O)(=O)c1c(Cl)cnn1C. The van der Waals surface area contributed by atoms with Crippen molar-refractivity contribution in [2.75, 3.05) is 13.1 Å². The van der Waals surface area contributed by atoms with Gasteiger partial charge in [0.15, 0.2) is 5.03 Å². The van der Waals surface area contributed by atoms with E-state index in [9.17, 15) is 13.2 Å². The Balaban J connectivity index is 3.22. The van der Waals surface area contributed by atoms with Crippen LogP contribution in [0.25, 0.3) is 0 Å². The molecule has 0 aromatic carbocycles. The quantitative estimate of drug-likeness (QED) is 0.830. The first-order valence-corrected chi connectivity index (χ1v) is 6.52. The van der Waals surface area contributed by atoms with E-state index in [1.165, 1.54) is 13.2 Å². The number of sulfonamides is 1. The minimum absolute atomic E-state index is 0.0312. The number of nitrogens with zero attached hydrogens (tertiary/aromatic N) is 3. The number of carboxylic acid groups (broad SMARTS) is 1. The number of halogens is 1. The number of aromatic nitrogens is 2. The summed E-state index contributed by atoms with van der Waals surface area (Å²) in [7, 11) is -2.52. The number of hydrogen-bond donors (Lipinski definition) is 1. The molecular weight excluding hydrogens is 270 g/mol. The molecule has 0 saturated carbocycles. The highest BCUT2D eigenvalue weighted by Gasteiger charge is 2.30. The highest BCUT2D eigenvalue weighted by Crippen LogP contribution is 2.23. The number of carbonyl (C=O) groups is 1. The molecule has 0 aliphatic heterocycles. The third-order valence-corrected chi connectivity index (χ3v) is 4.52. The third-order valence-electron chi connectivity index (χ3n) is 2.09. The second kappa shape index (κ2) is 5.03. The zero-order valence-corrected chi connectivity index (χ0v) is 10.9. The predicted octanol–water partition coefficient (Wildman–Crippen LogP) is 0.169. The van der Waals surface area contributed by atoms with Crippen molar-refractivity contribution in [1.82, 2.24) is 14.1 Å². The lowest BCUT2D eigenvalue weighted by Gasteiger charge is -2.18. The van der Waals surface area contributed by atoms with Crippen LogP contribution in [0.2, 0.25) is 5.02 Å². The molecule has 0 aliphatic carbocycles. The molecule has 0 amide bonds. The maximum absolute atomic E-state index is 12.1. The van der Waals surface area contributed by atoms with Gasteiger partial charge >= 0.3 is 5.97 Å². The van der Waals surface area contributed by atoms with Gasteiger partial charge in [0.05, 0.1) is 11.2 Å². The van der Waals surface area contributed by atoms with Gasteiger partial charge in [0.25, 0.3) is 10.0 Å². The summed E-state index contributed by atoms with van der Waals surface area (Å²) in [6.45, 7) is 0.973. The van der Waals surface area contributed by atoms with E-state index in [4.69, 9.17) is 16.7 Å². The summed E-state index contributed by atoms with van der Waals surface area (Å²) in [6, 6.07) is 0. The van der Waals surface area contributed by atoms with Gasteiger partial charge in [-0.15, -0.1) is 0 Å². The lowest BCUT2D eigenvalue weighted by molar-refractivity contribution is -0.137. The number of hydrogen-bond acceptors (Lipinski definition) is 4. The van der Waals surface area contributed by atoms with Crippen LogP contribution in [0.4, 0.5) is 0 Å². The van der Waals surface area contributed by atoms with Gasteiger partial charge in [-0.05, 0) is 0 Å². The van der Waals surface area contributed by atoms with Crippen molar-refractivity contribution >= 4 is 27.6 Å². The van der Waals surface area contributed by atoms with Crippen LogP contribution in [0.15, 0.2) is 11.2 Å². The summed E-state index contributed by atoms with van der Waals surface area (Å²) in [5.74, 6) is -1.23. The van der Waals surface area contributed by atoms with Gasteiger partial charge in [0.1, 0.15) is 6.54 Å². The van der Waals surface area contributed by atoms with E-state index in [1.807, 2.05) is 0 Å². The van der Waals surface area contributed by atoms with Crippen LogP contribution in [0.5, 0.6) is 0 Å². The molecule has 0 fully saturated rings. The molecule has 9 heteroatoms. The zero-order chi connectivity index (χ0) is 13.2. The van der Waals surface area contributed by atoms with Crippen molar-refractivity contribution in [3.63, 3.8) is 0 Å². The molecule has 0 spiro atoms. The zero-order valence-electron chi connectivity index (χ0n) is 9.29. The van der Waals surface area contributed by atoms with Crippen LogP contribution in [-0.4, -0.2) is 46.7 Å². The lowest BCUT2D eigenvalue weighted by Crippen LogP contribution is -2.36. The normalized spacial score (nSPS) is 12.0. The van der Waals surface area contributed by atoms with Crippen LogP contribution in [0.3, 0.4) is 0 Å². The Morgan fingerprint density at radius 1 is 1.65 bits per heavy atom. The Bertz CT molecular complexity index is 505. The Kier molecular flexibility index (Phi) is 4.12. The van der Waals surface area contributed by atoms with E-state index >= 15 is 0 Å². The molecule has 0 aliphatic rings. The molecule has 1 aromatic heterocycles. The highest BCUT2D eigenvalue weighted by molar-refractivity contribution is 7.89. The standard InChI is InChI=1S/C8H12ClN3O4S/c1-3-12(5-7(13)14)17(15,16)8-6(9)4-10-11(8)2/h4H,3,5H2,1-2H3,(H,13,14). The molecular formula is C8H12ClN3O4S. The monoisotopic (exact) mass is 281 g/mol. The van der Waals surface area contributed by atoms with Gasteiger partial charge < -0.3 is 5.11 Å². The topological polar surface area (TPSA) is 92.5 Å². The minimum Gasteiger partial charge on any atom is -0.480 e. The van der Waals surface area contributed by atoms with Crippen LogP contribution in [0.1, 0.15) is 6.92 Å². The van der Waals surface area contributed by atoms with Gasteiger partial charge in [-0.1, -0.05) is 18.5 Å². The molecule has 96 valence electrons. The first-order valence-electron chi connectivity index (χ1n) is 4.70. The largest absolute Gasteiger partial charge is 0.480 e. The van der Waals surface area contributed by atoms with Gasteiger partial charge in [0, 0.05) is 13.6 Å². The smallest absolute Gasteiger partial charge is 0.318 e. The third kappa shape index (κ3) is 2.76. The van der Waals surface area contributed by atoms with Gasteiger partial charge in [-0.2, -0.15) is 9.40 Å². The minimum atomic E-state index is -3.94. The molecule has 1 rings (SSSR count). The molecule has 0 atom stereocenters. The van der Waals surface area contributed by atoms with Gasteiger partial charge in [-0.25, -0.2) is 8.42 Å². The Morgan fingerprint density at radius 3 is 2.59 bits per heavy atom. The molecule has 1 N–H and O–H groups in total. The van der Waals surface area contributed by atoms with Crippen molar-refractivity contribution in [2.45, 2.75) is 11.9 Å². The maximum atomic E-state index is 12.1. The summed E-state index contributed by atoms with van der Waals surface area (Å²) in [6.07, 6.45) is 1.20. The van der Waals surface area contributed by atoms with Crippen LogP contribution in [-0.2, 0) is 21.9 Å². The first kappa shape index (κ1) is 13.9. The van der Waals surface area contributed by atoms with E-state index in [0.29, 0.717) is 0 Å². The van der Waals surface area contributed by atoms with Crippen molar-refractivity contribution < 1.29 is 18.3 Å². The summed E-state index contributed by atoms with van der Waals surface area (Å²) >= 11 is 5.73. The average molecular weight is 282 g/mol. The number of aliphatic carboxylic acids is 1. The van der Waals surface area contributed by atoms with E-state index in [1.54, 1.807) is 6.92 Å². The maximum Gasteiger partial charge on any atom is 0.318 e. The predicted molar refractivity (Wildman–Crippen MR) is 60.3 cm³/mol. The fourth-order valence-electron chi connectivity index (χ4n) is 1.33. The van der Waals surface area contributed by atoms with Crippen molar-refractivity contribution in [1.29, 1.82) is 0 Å². The Labute approximate surface area is 104 Å². The van der Waals surface area contributed by atoms with E-state index in [-0.39, 0.29) is 16.6 Å². The molecule has 17 heavy (non-hydrogen) atoms. The molecule has 1 aromatic rings. The Morgan fingerprint density at radius 2 is 2.24 bits per heavy atom. The van der Waals surface area contributed by atoms with Gasteiger partial charge in [0.2, 0.25) is 0 Å². The average Bonchev–Trinajstić information content (AvgIpc) is 2.54. The van der Waals surface area contributed by atoms with Crippen molar-refractivity contribution in [3.05, 3.63) is 11.2 Å². The molecule has 7 nitrogen and oxygen atoms in total. The number of carboxylic acids is 1. The van der Waals surface area contributed by atoms with Gasteiger partial charge in [-0.3, -0.25) is 9.48 Å². The van der Waals surface area contributed by atoms with Crippen LogP contribution < -0.4 is 0 Å². The first-order chi connectivity index (χ1) is 7.80. The lowest BCUT2D eigenvalue weighted by atomic mass is 10.6. The summed E-state index contributed by atoms with van der Waals surface area (Å²) in [5.41, 5.74) is 0. The molecule has 0 radical (unpaired) electrons. The molecule has 0 unspecified atom stereocenters. The summed E-state index contributed by atoms with van der Waals surface area (Å²) < 4.78 is 26.2. The summed E-state index contributed by atoms with van der Waals surface area (Å²) in [4.78, 5) is 10.6. The fraction of sp³-hybridized carbons (Fsp3) is 0.500. The van der Waals surface area contributed by atoms with Crippen molar-refractivity contribution in [3.8, 4) is 0 Å². The van der Waals surface area contributed by atoms with E-state index in [2.05, 4.69) is 5.10 Å². The summed E-state index contributed by atoms with van der Waals surface area (Å²) in [5, 5.41) is 12.1. The van der Waals surface area contributed by atoms with Crippen LogP contribution in [0, 0.1) is 0 Å². The van der Waals surface area contributed by atoms with E-state index < -0.39 is 22.5 Å². The fourth-order valence-corrected chi connectivity index (χ4v) is 3.33. The molecule has 0 saturated heterocycles. The second-order valence-corrected chi connectivity index (χ2v) is 5.51. The molecule has 1 heterocycles. The number of likely N-dealkylation sites (N-methyl/N-ethyl adjacent to an activating group) is 1. The Hall–Kier alpha value is -1.12. The number of aryl methyl sites for hydroxylation is 1. The van der Waals surface area contributed by atoms with E-state index in [0.717, 1.165) is 8.99 Å². The van der Waals surface area contributed by atoms with Crippen LogP contribution >= 0.6 is 11.6 Å². The van der Waals surface area contributed by atoms with Crippen molar-refractivity contribution in [2.24, 2.45) is 7.05 Å². The molecule has 0 bridgehead atoms. The highest BCUT2D eigenvalue weighted by atomic mass is 35.5. The second-order valence-electron chi connectivity index (χ2n) is 3.25.